The van der Waals surface area contributed by atoms with Gasteiger partial charge in [-0.15, -0.1) is 0 Å². The van der Waals surface area contributed by atoms with Gasteiger partial charge in [0.15, 0.2) is 0 Å². The summed E-state index contributed by atoms with van der Waals surface area (Å²) in [6.45, 7) is 12.2. The van der Waals surface area contributed by atoms with Gasteiger partial charge in [0.2, 0.25) is 5.91 Å². The van der Waals surface area contributed by atoms with Crippen molar-refractivity contribution in [2.45, 2.75) is 40.5 Å². The molecule has 0 saturated heterocycles. The van der Waals surface area contributed by atoms with Crippen molar-refractivity contribution in [2.24, 2.45) is 4.99 Å². The SMILES string of the molecule is C=C/C=C(\C=C/C)C1=NCC(=O)N(CCC(=O)OCC)c2ccc(Cl)cc21.CCC. The van der Waals surface area contributed by atoms with Crippen LogP contribution in [0.15, 0.2) is 59.6 Å². The number of carbonyl (C=O) groups excluding carboxylic acids is 2. The molecular weight excluding hydrogens is 400 g/mol. The molecule has 0 fully saturated rings. The van der Waals surface area contributed by atoms with Crippen molar-refractivity contribution in [1.29, 1.82) is 0 Å². The molecule has 0 bridgehead atoms. The smallest absolute Gasteiger partial charge is 0.307 e. The fourth-order valence-corrected chi connectivity index (χ4v) is 3.01. The number of benzodiazepines with no additional fused rings is 1. The first-order valence-corrected chi connectivity index (χ1v) is 10.6. The minimum atomic E-state index is -0.340. The lowest BCUT2D eigenvalue weighted by molar-refractivity contribution is -0.142. The maximum Gasteiger partial charge on any atom is 0.307 e. The number of amides is 1. The lowest BCUT2D eigenvalue weighted by Gasteiger charge is -2.23. The summed E-state index contributed by atoms with van der Waals surface area (Å²) in [7, 11) is 0. The summed E-state index contributed by atoms with van der Waals surface area (Å²) in [5.41, 5.74) is 2.90. The molecule has 1 aliphatic rings. The Balaban J connectivity index is 0.00000141. The number of allylic oxidation sites excluding steroid dienone is 5. The van der Waals surface area contributed by atoms with Crippen molar-refractivity contribution in [3.63, 3.8) is 0 Å². The van der Waals surface area contributed by atoms with Gasteiger partial charge < -0.3 is 9.64 Å². The van der Waals surface area contributed by atoms with Gasteiger partial charge in [0.25, 0.3) is 0 Å². The number of hydrogen-bond donors (Lipinski definition) is 0. The summed E-state index contributed by atoms with van der Waals surface area (Å²) in [5, 5.41) is 0.541. The molecule has 0 aromatic heterocycles. The first-order valence-electron chi connectivity index (χ1n) is 10.2. The first-order chi connectivity index (χ1) is 14.4. The van der Waals surface area contributed by atoms with E-state index in [0.29, 0.717) is 23.0 Å². The van der Waals surface area contributed by atoms with Crippen molar-refractivity contribution in [1.82, 2.24) is 0 Å². The number of ether oxygens (including phenoxy) is 1. The van der Waals surface area contributed by atoms with E-state index in [1.54, 1.807) is 36.1 Å². The molecule has 162 valence electrons. The summed E-state index contributed by atoms with van der Waals surface area (Å²) in [5.74, 6) is -0.524. The maximum absolute atomic E-state index is 12.7. The number of esters is 1. The van der Waals surface area contributed by atoms with Gasteiger partial charge in [0, 0.05) is 22.7 Å². The number of anilines is 1. The van der Waals surface area contributed by atoms with Gasteiger partial charge in [-0.25, -0.2) is 0 Å². The van der Waals surface area contributed by atoms with Crippen molar-refractivity contribution in [2.75, 3.05) is 24.6 Å². The highest BCUT2D eigenvalue weighted by Crippen LogP contribution is 2.30. The molecule has 0 atom stereocenters. The topological polar surface area (TPSA) is 59.0 Å². The minimum Gasteiger partial charge on any atom is -0.466 e. The average Bonchev–Trinajstić information content (AvgIpc) is 2.83. The van der Waals surface area contributed by atoms with E-state index in [4.69, 9.17) is 16.3 Å². The zero-order chi connectivity index (χ0) is 22.5. The molecule has 1 amide bonds. The summed E-state index contributed by atoms with van der Waals surface area (Å²) in [4.78, 5) is 30.5. The van der Waals surface area contributed by atoms with E-state index in [2.05, 4.69) is 25.4 Å². The largest absolute Gasteiger partial charge is 0.466 e. The van der Waals surface area contributed by atoms with E-state index < -0.39 is 0 Å². The zero-order valence-electron chi connectivity index (χ0n) is 18.3. The van der Waals surface area contributed by atoms with Crippen LogP contribution in [0, 0.1) is 0 Å². The summed E-state index contributed by atoms with van der Waals surface area (Å²) in [6.07, 6.45) is 8.67. The van der Waals surface area contributed by atoms with E-state index in [0.717, 1.165) is 11.1 Å². The fraction of sp³-hybridized carbons (Fsp3) is 0.375. The minimum absolute atomic E-state index is 0.0174. The van der Waals surface area contributed by atoms with E-state index >= 15 is 0 Å². The number of fused-ring (bicyclic) bond motifs is 1. The van der Waals surface area contributed by atoms with Crippen LogP contribution in [0.2, 0.25) is 5.02 Å². The molecular formula is C24H31ClN2O3. The second kappa shape index (κ2) is 13.5. The van der Waals surface area contributed by atoms with Crippen LogP contribution >= 0.6 is 11.6 Å². The Kier molecular flexibility index (Phi) is 11.5. The molecule has 0 radical (unpaired) electrons. The Morgan fingerprint density at radius 3 is 2.63 bits per heavy atom. The van der Waals surface area contributed by atoms with Crippen LogP contribution in [0.4, 0.5) is 5.69 Å². The van der Waals surface area contributed by atoms with Crippen LogP contribution in [0.5, 0.6) is 0 Å². The standard InChI is InChI=1S/C21H23ClN2O3.C3H8/c1-4-7-15(8-5-2)21-17-13-16(22)9-10-18(17)24(19(25)14-23-21)12-11-20(26)27-6-3;1-3-2/h4-5,7-10,13H,1,6,11-12,14H2,2-3H3;3H2,1-2H3/b8-5-,15-7+;. The number of carbonyl (C=O) groups is 2. The second-order valence-electron chi connectivity index (χ2n) is 6.49. The summed E-state index contributed by atoms with van der Waals surface area (Å²) >= 11 is 6.22. The van der Waals surface area contributed by atoms with Crippen LogP contribution < -0.4 is 4.90 Å². The molecule has 0 saturated carbocycles. The number of nitrogens with zero attached hydrogens (tertiary/aromatic N) is 2. The quantitative estimate of drug-likeness (QED) is 0.422. The van der Waals surface area contributed by atoms with E-state index in [1.807, 2.05) is 25.2 Å². The number of benzene rings is 1. The lowest BCUT2D eigenvalue weighted by Crippen LogP contribution is -2.34. The number of halogens is 1. The Hall–Kier alpha value is -2.66. The molecule has 0 N–H and O–H groups in total. The predicted molar refractivity (Wildman–Crippen MR) is 126 cm³/mol. The molecule has 0 spiro atoms. The zero-order valence-corrected chi connectivity index (χ0v) is 19.0. The van der Waals surface area contributed by atoms with Gasteiger partial charge in [0.1, 0.15) is 6.54 Å². The Labute approximate surface area is 184 Å². The van der Waals surface area contributed by atoms with Crippen LogP contribution in [-0.4, -0.2) is 37.3 Å². The van der Waals surface area contributed by atoms with Gasteiger partial charge in [-0.1, -0.05) is 62.8 Å². The van der Waals surface area contributed by atoms with Crippen molar-refractivity contribution >= 4 is 34.9 Å². The molecule has 6 heteroatoms. The molecule has 1 heterocycles. The lowest BCUT2D eigenvalue weighted by atomic mass is 9.99. The number of aliphatic imine (C=N–C) groups is 1. The van der Waals surface area contributed by atoms with Crippen molar-refractivity contribution in [3.05, 3.63) is 65.2 Å². The third-order valence-corrected chi connectivity index (χ3v) is 4.18. The van der Waals surface area contributed by atoms with Gasteiger partial charge >= 0.3 is 5.97 Å². The van der Waals surface area contributed by atoms with Crippen LogP contribution in [0.1, 0.15) is 46.1 Å². The molecule has 1 aromatic rings. The Bertz CT molecular complexity index is 841. The van der Waals surface area contributed by atoms with Gasteiger partial charge in [-0.2, -0.15) is 0 Å². The second-order valence-corrected chi connectivity index (χ2v) is 6.93. The van der Waals surface area contributed by atoms with Crippen molar-refractivity contribution in [3.8, 4) is 0 Å². The predicted octanol–water partition coefficient (Wildman–Crippen LogP) is 5.53. The average molecular weight is 431 g/mol. The summed E-state index contributed by atoms with van der Waals surface area (Å²) < 4.78 is 4.97. The Morgan fingerprint density at radius 1 is 1.33 bits per heavy atom. The van der Waals surface area contributed by atoms with Gasteiger partial charge in [0.05, 0.1) is 24.4 Å². The van der Waals surface area contributed by atoms with Crippen molar-refractivity contribution < 1.29 is 14.3 Å². The van der Waals surface area contributed by atoms with Gasteiger partial charge in [-0.3, -0.25) is 14.6 Å². The molecule has 30 heavy (non-hydrogen) atoms. The maximum atomic E-state index is 12.7. The van der Waals surface area contributed by atoms with Crippen LogP contribution in [0.3, 0.4) is 0 Å². The molecule has 1 aliphatic heterocycles. The summed E-state index contributed by atoms with van der Waals surface area (Å²) in [6, 6.07) is 5.29. The van der Waals surface area contributed by atoms with Crippen LogP contribution in [-0.2, 0) is 14.3 Å². The molecule has 1 aromatic carbocycles. The number of rotatable bonds is 7. The third-order valence-electron chi connectivity index (χ3n) is 3.94. The van der Waals surface area contributed by atoms with Gasteiger partial charge in [-0.05, 0) is 32.0 Å². The molecule has 2 rings (SSSR count). The van der Waals surface area contributed by atoms with E-state index in [9.17, 15) is 9.59 Å². The Morgan fingerprint density at radius 2 is 2.03 bits per heavy atom. The highest BCUT2D eigenvalue weighted by Gasteiger charge is 2.26. The molecule has 5 nitrogen and oxygen atoms in total. The van der Waals surface area contributed by atoms with E-state index in [1.165, 1.54) is 6.42 Å². The fourth-order valence-electron chi connectivity index (χ4n) is 2.83. The number of hydrogen-bond acceptors (Lipinski definition) is 4. The monoisotopic (exact) mass is 430 g/mol. The first kappa shape index (κ1) is 25.4. The molecule has 0 aliphatic carbocycles. The molecule has 0 unspecified atom stereocenters. The third kappa shape index (κ3) is 7.30. The highest BCUT2D eigenvalue weighted by atomic mass is 35.5. The van der Waals surface area contributed by atoms with E-state index in [-0.39, 0.29) is 31.4 Å². The van der Waals surface area contributed by atoms with Crippen LogP contribution in [0.25, 0.3) is 0 Å². The highest BCUT2D eigenvalue weighted by molar-refractivity contribution is 6.32. The normalized spacial score (nSPS) is 13.8.